The third-order valence-corrected chi connectivity index (χ3v) is 4.01. The molecule has 0 unspecified atom stereocenters. The van der Waals surface area contributed by atoms with Crippen LogP contribution in [0.15, 0.2) is 48.5 Å². The summed E-state index contributed by atoms with van der Waals surface area (Å²) in [5.41, 5.74) is 0.943. The number of nitrogens with zero attached hydrogens (tertiary/aromatic N) is 1. The number of halogens is 1. The summed E-state index contributed by atoms with van der Waals surface area (Å²) in [7, 11) is 0. The third kappa shape index (κ3) is 5.92. The molecule has 146 valence electrons. The summed E-state index contributed by atoms with van der Waals surface area (Å²) in [5.74, 6) is -0.444. The summed E-state index contributed by atoms with van der Waals surface area (Å²) in [5, 5.41) is 16.4. The van der Waals surface area contributed by atoms with Gasteiger partial charge in [-0.1, -0.05) is 43.6 Å². The highest BCUT2D eigenvalue weighted by atomic mass is 35.5. The molecule has 0 aromatic heterocycles. The van der Waals surface area contributed by atoms with Gasteiger partial charge in [0, 0.05) is 18.7 Å². The van der Waals surface area contributed by atoms with Crippen molar-refractivity contribution in [3.63, 3.8) is 0 Å². The van der Waals surface area contributed by atoms with Gasteiger partial charge >= 0.3 is 0 Å². The van der Waals surface area contributed by atoms with E-state index in [-0.39, 0.29) is 16.6 Å². The Hall–Kier alpha value is -3.19. The molecule has 0 aliphatic heterocycles. The van der Waals surface area contributed by atoms with Crippen LogP contribution in [0.2, 0.25) is 5.02 Å². The summed E-state index contributed by atoms with van der Waals surface area (Å²) in [6.07, 6.45) is 2.66. The van der Waals surface area contributed by atoms with Crippen molar-refractivity contribution in [1.29, 1.82) is 0 Å². The summed E-state index contributed by atoms with van der Waals surface area (Å²) >= 11 is 5.77. The molecule has 0 bridgehead atoms. The Bertz CT molecular complexity index is 925. The van der Waals surface area contributed by atoms with E-state index in [9.17, 15) is 19.7 Å². The van der Waals surface area contributed by atoms with Crippen LogP contribution in [0.3, 0.4) is 0 Å². The van der Waals surface area contributed by atoms with Crippen LogP contribution in [-0.2, 0) is 4.79 Å². The minimum atomic E-state index is -0.592. The minimum absolute atomic E-state index is 0.0212. The molecule has 0 saturated carbocycles. The number of benzene rings is 2. The molecule has 0 atom stereocenters. The quantitative estimate of drug-likeness (QED) is 0.410. The van der Waals surface area contributed by atoms with Crippen LogP contribution in [0.5, 0.6) is 0 Å². The molecule has 8 heteroatoms. The van der Waals surface area contributed by atoms with Crippen molar-refractivity contribution in [2.75, 3.05) is 11.9 Å². The lowest BCUT2D eigenvalue weighted by Crippen LogP contribution is -2.28. The van der Waals surface area contributed by atoms with Gasteiger partial charge in [-0.05, 0) is 35.8 Å². The Morgan fingerprint density at radius 1 is 1.21 bits per heavy atom. The lowest BCUT2D eigenvalue weighted by molar-refractivity contribution is -0.384. The largest absolute Gasteiger partial charge is 0.352 e. The van der Waals surface area contributed by atoms with E-state index in [0.29, 0.717) is 29.3 Å². The maximum atomic E-state index is 12.3. The van der Waals surface area contributed by atoms with Gasteiger partial charge in [-0.3, -0.25) is 19.7 Å². The molecule has 0 saturated heterocycles. The van der Waals surface area contributed by atoms with Gasteiger partial charge < -0.3 is 10.6 Å². The molecule has 0 fully saturated rings. The van der Waals surface area contributed by atoms with E-state index in [1.165, 1.54) is 24.3 Å². The molecule has 0 aliphatic rings. The van der Waals surface area contributed by atoms with E-state index in [0.717, 1.165) is 0 Å². The second kappa shape index (κ2) is 9.66. The predicted octanol–water partition coefficient (Wildman–Crippen LogP) is 4.29. The fraction of sp³-hybridized carbons (Fsp3) is 0.200. The second-order valence-electron chi connectivity index (χ2n) is 6.44. The Labute approximate surface area is 167 Å². The first-order valence-electron chi connectivity index (χ1n) is 8.58. The van der Waals surface area contributed by atoms with Crippen molar-refractivity contribution in [2.45, 2.75) is 13.8 Å². The van der Waals surface area contributed by atoms with Crippen molar-refractivity contribution in [1.82, 2.24) is 5.32 Å². The molecule has 2 amide bonds. The fourth-order valence-corrected chi connectivity index (χ4v) is 2.49. The van der Waals surface area contributed by atoms with Gasteiger partial charge in [-0.15, -0.1) is 0 Å². The summed E-state index contributed by atoms with van der Waals surface area (Å²) in [6, 6.07) is 10.9. The van der Waals surface area contributed by atoms with Crippen LogP contribution in [0.25, 0.3) is 6.08 Å². The van der Waals surface area contributed by atoms with E-state index in [1.54, 1.807) is 30.3 Å². The number of carbonyl (C=O) groups is 2. The summed E-state index contributed by atoms with van der Waals surface area (Å²) in [4.78, 5) is 34.9. The first-order valence-corrected chi connectivity index (χ1v) is 8.96. The molecular formula is C20H20ClN3O4. The van der Waals surface area contributed by atoms with Crippen molar-refractivity contribution < 1.29 is 14.5 Å². The zero-order valence-corrected chi connectivity index (χ0v) is 16.2. The number of nitro groups is 1. The monoisotopic (exact) mass is 401 g/mol. The maximum Gasteiger partial charge on any atom is 0.288 e. The topological polar surface area (TPSA) is 101 Å². The molecule has 2 aromatic carbocycles. The Morgan fingerprint density at radius 3 is 2.61 bits per heavy atom. The molecule has 7 nitrogen and oxygen atoms in total. The van der Waals surface area contributed by atoms with Gasteiger partial charge in [0.05, 0.1) is 16.2 Å². The smallest absolute Gasteiger partial charge is 0.288 e. The van der Waals surface area contributed by atoms with E-state index in [2.05, 4.69) is 10.6 Å². The normalized spacial score (nSPS) is 10.9. The maximum absolute atomic E-state index is 12.3. The minimum Gasteiger partial charge on any atom is -0.352 e. The van der Waals surface area contributed by atoms with Gasteiger partial charge in [-0.25, -0.2) is 0 Å². The molecule has 2 N–H and O–H groups in total. The molecule has 28 heavy (non-hydrogen) atoms. The zero-order valence-electron chi connectivity index (χ0n) is 15.4. The SMILES string of the molecule is CC(C)CNC(=O)c1ccccc1NC(=O)C=Cc1ccc(Cl)c([N+](=O)[O-])c1. The molecule has 2 aromatic rings. The molecule has 0 radical (unpaired) electrons. The predicted molar refractivity (Wildman–Crippen MR) is 109 cm³/mol. The highest BCUT2D eigenvalue weighted by Gasteiger charge is 2.13. The molecular weight excluding hydrogens is 382 g/mol. The first kappa shape index (κ1) is 21.1. The molecule has 0 aliphatic carbocycles. The number of amides is 2. The first-order chi connectivity index (χ1) is 13.3. The molecule has 2 rings (SSSR count). The number of nitro benzene ring substituents is 1. The summed E-state index contributed by atoms with van der Waals surface area (Å²) < 4.78 is 0. The van der Waals surface area contributed by atoms with Crippen molar-refractivity contribution in [3.05, 3.63) is 74.8 Å². The fourth-order valence-electron chi connectivity index (χ4n) is 2.30. The number of carbonyl (C=O) groups excluding carboxylic acids is 2. The van der Waals surface area contributed by atoms with Crippen LogP contribution < -0.4 is 10.6 Å². The van der Waals surface area contributed by atoms with Crippen molar-refractivity contribution in [2.24, 2.45) is 5.92 Å². The Balaban J connectivity index is 2.11. The van der Waals surface area contributed by atoms with Crippen LogP contribution in [0.1, 0.15) is 29.8 Å². The van der Waals surface area contributed by atoms with E-state index in [1.807, 2.05) is 13.8 Å². The van der Waals surface area contributed by atoms with E-state index >= 15 is 0 Å². The second-order valence-corrected chi connectivity index (χ2v) is 6.85. The highest BCUT2D eigenvalue weighted by Crippen LogP contribution is 2.25. The number of anilines is 1. The average molecular weight is 402 g/mol. The zero-order chi connectivity index (χ0) is 20.7. The number of nitrogens with one attached hydrogen (secondary N) is 2. The van der Waals surface area contributed by atoms with Crippen LogP contribution >= 0.6 is 11.6 Å². The highest BCUT2D eigenvalue weighted by molar-refractivity contribution is 6.32. The Morgan fingerprint density at radius 2 is 1.93 bits per heavy atom. The standard InChI is InChI=1S/C20H20ClN3O4/c1-13(2)12-22-20(26)15-5-3-4-6-17(15)23-19(25)10-8-14-7-9-16(21)18(11-14)24(27)28/h3-11,13H,12H2,1-2H3,(H,22,26)(H,23,25). The Kier molecular flexibility index (Phi) is 7.28. The van der Waals surface area contributed by atoms with Crippen molar-refractivity contribution >= 4 is 40.9 Å². The van der Waals surface area contributed by atoms with Crippen LogP contribution in [0, 0.1) is 16.0 Å². The third-order valence-electron chi connectivity index (χ3n) is 3.69. The summed E-state index contributed by atoms with van der Waals surface area (Å²) in [6.45, 7) is 4.50. The lowest BCUT2D eigenvalue weighted by atomic mass is 10.1. The molecule has 0 spiro atoms. The van der Waals surface area contributed by atoms with Crippen molar-refractivity contribution in [3.8, 4) is 0 Å². The van der Waals surface area contributed by atoms with Gasteiger partial charge in [0.2, 0.25) is 5.91 Å². The lowest BCUT2D eigenvalue weighted by Gasteiger charge is -2.11. The van der Waals surface area contributed by atoms with Crippen LogP contribution in [-0.4, -0.2) is 23.3 Å². The average Bonchev–Trinajstić information content (AvgIpc) is 2.65. The van der Waals surface area contributed by atoms with Crippen LogP contribution in [0.4, 0.5) is 11.4 Å². The number of hydrogen-bond acceptors (Lipinski definition) is 4. The van der Waals surface area contributed by atoms with Gasteiger partial charge in [0.15, 0.2) is 0 Å². The molecule has 0 heterocycles. The van der Waals surface area contributed by atoms with Gasteiger partial charge in [0.25, 0.3) is 11.6 Å². The van der Waals surface area contributed by atoms with E-state index in [4.69, 9.17) is 11.6 Å². The number of hydrogen-bond donors (Lipinski definition) is 2. The van der Waals surface area contributed by atoms with Gasteiger partial charge in [-0.2, -0.15) is 0 Å². The van der Waals surface area contributed by atoms with E-state index < -0.39 is 10.8 Å². The van der Waals surface area contributed by atoms with Gasteiger partial charge in [0.1, 0.15) is 5.02 Å². The number of rotatable bonds is 7. The number of para-hydroxylation sites is 1.